The van der Waals surface area contributed by atoms with E-state index in [-0.39, 0.29) is 0 Å². The molecule has 3 saturated heterocycles. The number of likely N-dealkylation sites (N-methyl/N-ethyl adjacent to an activating group) is 1. The van der Waals surface area contributed by atoms with Crippen LogP contribution in [-0.2, 0) is 4.79 Å². The van der Waals surface area contributed by atoms with Crippen LogP contribution in [0.1, 0.15) is 37.2 Å². The van der Waals surface area contributed by atoms with Crippen molar-refractivity contribution in [2.24, 2.45) is 5.92 Å². The van der Waals surface area contributed by atoms with E-state index in [0.717, 1.165) is 63.2 Å². The van der Waals surface area contributed by atoms with Gasteiger partial charge in [-0.15, -0.1) is 0 Å². The zero-order chi connectivity index (χ0) is 20.9. The van der Waals surface area contributed by atoms with E-state index in [0.29, 0.717) is 23.8 Å². The summed E-state index contributed by atoms with van der Waals surface area (Å²) in [4.78, 5) is 26.7. The first-order valence-corrected chi connectivity index (χ1v) is 12.0. The van der Waals surface area contributed by atoms with Crippen LogP contribution in [-0.4, -0.2) is 101 Å². The fourth-order valence-corrected chi connectivity index (χ4v) is 5.42. The van der Waals surface area contributed by atoms with Gasteiger partial charge in [0.25, 0.3) is 0 Å². The molecule has 1 saturated carbocycles. The highest BCUT2D eigenvalue weighted by Crippen LogP contribution is 2.35. The Morgan fingerprint density at radius 3 is 2.42 bits per heavy atom. The van der Waals surface area contributed by atoms with E-state index < -0.39 is 0 Å². The van der Waals surface area contributed by atoms with Gasteiger partial charge in [0.15, 0.2) is 5.65 Å². The van der Waals surface area contributed by atoms with Crippen LogP contribution in [0.4, 0.5) is 5.69 Å². The summed E-state index contributed by atoms with van der Waals surface area (Å²) < 4.78 is 1.95. The number of piperidine rings is 1. The van der Waals surface area contributed by atoms with Crippen molar-refractivity contribution in [2.75, 3.05) is 64.3 Å². The summed E-state index contributed by atoms with van der Waals surface area (Å²) in [5.74, 6) is 1.15. The molecule has 1 amide bonds. The molecule has 4 fully saturated rings. The fourth-order valence-electron chi connectivity index (χ4n) is 5.42. The number of piperazine rings is 1. The molecule has 0 atom stereocenters. The lowest BCUT2D eigenvalue weighted by atomic mass is 9.91. The molecule has 5 heterocycles. The number of anilines is 1. The summed E-state index contributed by atoms with van der Waals surface area (Å²) in [5, 5.41) is 4.64. The normalized spacial score (nSPS) is 24.7. The maximum Gasteiger partial charge on any atom is 0.225 e. The predicted octanol–water partition coefficient (Wildman–Crippen LogP) is 1.28. The van der Waals surface area contributed by atoms with Gasteiger partial charge < -0.3 is 14.7 Å². The summed E-state index contributed by atoms with van der Waals surface area (Å²) >= 11 is 0. The van der Waals surface area contributed by atoms with E-state index >= 15 is 0 Å². The summed E-state index contributed by atoms with van der Waals surface area (Å²) in [6.07, 6.45) is 10.4. The van der Waals surface area contributed by atoms with Crippen LogP contribution in [0.2, 0.25) is 0 Å². The Labute approximate surface area is 183 Å². The van der Waals surface area contributed by atoms with Crippen molar-refractivity contribution in [3.63, 3.8) is 0 Å². The monoisotopic (exact) mass is 423 g/mol. The number of fused-ring (bicyclic) bond motifs is 1. The Morgan fingerprint density at radius 2 is 1.71 bits per heavy atom. The molecule has 0 spiro atoms. The Hall–Kier alpha value is -2.19. The molecule has 1 aliphatic carbocycles. The molecule has 6 rings (SSSR count). The van der Waals surface area contributed by atoms with Crippen molar-refractivity contribution in [1.82, 2.24) is 29.3 Å². The molecule has 4 aliphatic rings. The van der Waals surface area contributed by atoms with Gasteiger partial charge in [-0.05, 0) is 38.6 Å². The molecular weight excluding hydrogens is 390 g/mol. The van der Waals surface area contributed by atoms with Crippen molar-refractivity contribution in [3.05, 3.63) is 24.2 Å². The average molecular weight is 424 g/mol. The van der Waals surface area contributed by atoms with E-state index in [2.05, 4.69) is 37.9 Å². The number of hydrogen-bond acceptors (Lipinski definition) is 6. The van der Waals surface area contributed by atoms with Crippen molar-refractivity contribution in [3.8, 4) is 0 Å². The van der Waals surface area contributed by atoms with Crippen LogP contribution in [0.5, 0.6) is 0 Å². The van der Waals surface area contributed by atoms with E-state index in [1.807, 2.05) is 16.9 Å². The average Bonchev–Trinajstić information content (AvgIpc) is 3.53. The minimum absolute atomic E-state index is 0.325. The number of likely N-dealkylation sites (tertiary alicyclic amines) is 1. The zero-order valence-corrected chi connectivity index (χ0v) is 18.5. The highest BCUT2D eigenvalue weighted by Gasteiger charge is 2.36. The summed E-state index contributed by atoms with van der Waals surface area (Å²) in [7, 11) is 2.21. The van der Waals surface area contributed by atoms with Gasteiger partial charge in [-0.1, -0.05) is 0 Å². The highest BCUT2D eigenvalue weighted by molar-refractivity contribution is 5.81. The van der Waals surface area contributed by atoms with Crippen molar-refractivity contribution >= 4 is 17.2 Å². The minimum atomic E-state index is 0.325. The third-order valence-corrected chi connectivity index (χ3v) is 7.82. The second kappa shape index (κ2) is 7.74. The third-order valence-electron chi connectivity index (χ3n) is 7.82. The molecule has 166 valence electrons. The first-order chi connectivity index (χ1) is 15.2. The Kier molecular flexibility index (Phi) is 4.87. The van der Waals surface area contributed by atoms with E-state index in [4.69, 9.17) is 4.98 Å². The number of amides is 1. The number of hydrogen-bond donors (Lipinski definition) is 0. The van der Waals surface area contributed by atoms with Gasteiger partial charge in [-0.3, -0.25) is 9.69 Å². The summed E-state index contributed by atoms with van der Waals surface area (Å²) in [6, 6.07) is 0.668. The molecule has 2 aromatic rings. The van der Waals surface area contributed by atoms with Gasteiger partial charge in [0.2, 0.25) is 5.91 Å². The molecule has 0 aromatic carbocycles. The smallest absolute Gasteiger partial charge is 0.225 e. The van der Waals surface area contributed by atoms with E-state index in [1.165, 1.54) is 31.7 Å². The van der Waals surface area contributed by atoms with Crippen LogP contribution < -0.4 is 4.90 Å². The van der Waals surface area contributed by atoms with Crippen LogP contribution >= 0.6 is 0 Å². The lowest BCUT2D eigenvalue weighted by molar-refractivity contribution is -0.133. The van der Waals surface area contributed by atoms with Gasteiger partial charge in [-0.25, -0.2) is 9.50 Å². The van der Waals surface area contributed by atoms with Crippen molar-refractivity contribution < 1.29 is 4.79 Å². The Morgan fingerprint density at radius 1 is 0.968 bits per heavy atom. The SMILES string of the molecule is CN1CCN(C2CN(c3cnc4c(C5CCN(C(=O)C6CC6)CC5)cnn4c3)C2)CC1. The van der Waals surface area contributed by atoms with Crippen LogP contribution in [0.15, 0.2) is 18.6 Å². The minimum Gasteiger partial charge on any atom is -0.366 e. The van der Waals surface area contributed by atoms with Gasteiger partial charge in [-0.2, -0.15) is 5.10 Å². The van der Waals surface area contributed by atoms with Gasteiger partial charge in [0.05, 0.1) is 24.3 Å². The standard InChI is InChI=1S/C23H33N7O/c1-26-8-10-27(11-9-26)20-14-29(15-20)19-12-24-22-21(13-25-30(22)16-19)17-4-6-28(7-5-17)23(31)18-2-3-18/h12-13,16-18,20H,2-11,14-15H2,1H3. The molecule has 8 nitrogen and oxygen atoms in total. The molecule has 3 aliphatic heterocycles. The maximum absolute atomic E-state index is 12.3. The van der Waals surface area contributed by atoms with Gasteiger partial charge >= 0.3 is 0 Å². The van der Waals surface area contributed by atoms with Gasteiger partial charge in [0.1, 0.15) is 0 Å². The number of nitrogens with zero attached hydrogens (tertiary/aromatic N) is 7. The predicted molar refractivity (Wildman–Crippen MR) is 119 cm³/mol. The quantitative estimate of drug-likeness (QED) is 0.739. The molecular formula is C23H33N7O. The summed E-state index contributed by atoms with van der Waals surface area (Å²) in [5.41, 5.74) is 3.38. The lowest BCUT2D eigenvalue weighted by Crippen LogP contribution is -2.63. The molecule has 2 aromatic heterocycles. The third kappa shape index (κ3) is 3.69. The van der Waals surface area contributed by atoms with Crippen LogP contribution in [0.25, 0.3) is 5.65 Å². The molecule has 0 unspecified atom stereocenters. The number of carbonyl (C=O) groups excluding carboxylic acids is 1. The Bertz CT molecular complexity index is 948. The van der Waals surface area contributed by atoms with Crippen molar-refractivity contribution in [2.45, 2.75) is 37.6 Å². The topological polar surface area (TPSA) is 60.2 Å². The van der Waals surface area contributed by atoms with Crippen molar-refractivity contribution in [1.29, 1.82) is 0 Å². The first kappa shape index (κ1) is 19.5. The van der Waals surface area contributed by atoms with Gasteiger partial charge in [0, 0.05) is 69.9 Å². The van der Waals surface area contributed by atoms with E-state index in [9.17, 15) is 4.79 Å². The lowest BCUT2D eigenvalue weighted by Gasteiger charge is -2.48. The first-order valence-electron chi connectivity index (χ1n) is 12.0. The molecule has 31 heavy (non-hydrogen) atoms. The number of aromatic nitrogens is 3. The van der Waals surface area contributed by atoms with Crippen LogP contribution in [0, 0.1) is 5.92 Å². The molecule has 0 N–H and O–H groups in total. The fraction of sp³-hybridized carbons (Fsp3) is 0.696. The molecule has 0 radical (unpaired) electrons. The highest BCUT2D eigenvalue weighted by atomic mass is 16.2. The van der Waals surface area contributed by atoms with E-state index in [1.54, 1.807) is 0 Å². The molecule has 0 bridgehead atoms. The maximum atomic E-state index is 12.3. The number of carbonyl (C=O) groups is 1. The summed E-state index contributed by atoms with van der Waals surface area (Å²) in [6.45, 7) is 8.62. The number of rotatable bonds is 4. The second-order valence-electron chi connectivity index (χ2n) is 9.95. The van der Waals surface area contributed by atoms with Crippen LogP contribution in [0.3, 0.4) is 0 Å². The molecule has 8 heteroatoms. The second-order valence-corrected chi connectivity index (χ2v) is 9.95. The zero-order valence-electron chi connectivity index (χ0n) is 18.5. The Balaban J connectivity index is 1.08. The largest absolute Gasteiger partial charge is 0.366 e.